The molecular formula is C23H14F6O4S2. The Morgan fingerprint density at radius 3 is 1.20 bits per heavy atom. The Kier molecular flexibility index (Phi) is 3.71. The second-order valence-electron chi connectivity index (χ2n) is 9.29. The van der Waals surface area contributed by atoms with E-state index in [4.69, 9.17) is 0 Å². The molecule has 2 aliphatic heterocycles. The first kappa shape index (κ1) is 22.8. The smallest absolute Gasteiger partial charge is 0.223 e. The molecule has 12 heteroatoms. The molecule has 0 N–H and O–H groups in total. The van der Waals surface area contributed by atoms with E-state index >= 15 is 17.6 Å². The summed E-state index contributed by atoms with van der Waals surface area (Å²) in [4.78, 5) is -1.18. The topological polar surface area (TPSA) is 68.3 Å². The van der Waals surface area contributed by atoms with E-state index in [0.29, 0.717) is 0 Å². The lowest BCUT2D eigenvalue weighted by Crippen LogP contribution is -2.59. The van der Waals surface area contributed by atoms with Gasteiger partial charge in [0.2, 0.25) is 0 Å². The monoisotopic (exact) mass is 532 g/mol. The minimum Gasteiger partial charge on any atom is -0.223 e. The molecule has 4 aliphatic rings. The third-order valence-electron chi connectivity index (χ3n) is 8.00. The van der Waals surface area contributed by atoms with Crippen molar-refractivity contribution in [3.05, 3.63) is 70.8 Å². The summed E-state index contributed by atoms with van der Waals surface area (Å²) in [6, 6.07) is 9.05. The molecule has 2 atom stereocenters. The van der Waals surface area contributed by atoms with Crippen LogP contribution in [0.4, 0.5) is 26.3 Å². The Labute approximate surface area is 195 Å². The number of rotatable bonds is 0. The van der Waals surface area contributed by atoms with Gasteiger partial charge >= 0.3 is 17.8 Å². The highest BCUT2D eigenvalue weighted by Gasteiger charge is 2.87. The summed E-state index contributed by atoms with van der Waals surface area (Å²) in [6.45, 7) is 1.69. The number of benzene rings is 2. The molecule has 1 fully saturated rings. The Morgan fingerprint density at radius 2 is 0.857 bits per heavy atom. The van der Waals surface area contributed by atoms with Crippen LogP contribution in [0.3, 0.4) is 0 Å². The zero-order valence-corrected chi connectivity index (χ0v) is 19.5. The summed E-state index contributed by atoms with van der Waals surface area (Å²) in [5.41, 5.74) is -6.73. The van der Waals surface area contributed by atoms with Crippen molar-refractivity contribution in [2.24, 2.45) is 0 Å². The van der Waals surface area contributed by atoms with E-state index in [1.807, 2.05) is 0 Å². The molecule has 2 aliphatic carbocycles. The lowest BCUT2D eigenvalue weighted by Gasteiger charge is -2.45. The predicted octanol–water partition coefficient (Wildman–Crippen LogP) is 4.92. The van der Waals surface area contributed by atoms with Crippen LogP contribution in [-0.2, 0) is 19.7 Å². The summed E-state index contributed by atoms with van der Waals surface area (Å²) < 4.78 is 141. The van der Waals surface area contributed by atoms with Gasteiger partial charge in [-0.1, -0.05) is 36.4 Å². The molecule has 184 valence electrons. The van der Waals surface area contributed by atoms with Gasteiger partial charge in [0.05, 0.1) is 9.79 Å². The minimum atomic E-state index is -5.95. The molecule has 0 saturated heterocycles. The maximum absolute atomic E-state index is 15.4. The molecule has 2 unspecified atom stereocenters. The molecule has 0 amide bonds. The average molecular weight is 532 g/mol. The van der Waals surface area contributed by atoms with E-state index in [0.717, 1.165) is 38.1 Å². The summed E-state index contributed by atoms with van der Waals surface area (Å²) in [7, 11) is -9.73. The summed E-state index contributed by atoms with van der Waals surface area (Å²) >= 11 is 0. The number of halogens is 6. The van der Waals surface area contributed by atoms with Gasteiger partial charge in [-0.3, -0.25) is 0 Å². The quantitative estimate of drug-likeness (QED) is 0.452. The number of hydrogen-bond donors (Lipinski definition) is 0. The van der Waals surface area contributed by atoms with Crippen LogP contribution < -0.4 is 0 Å². The molecule has 0 spiro atoms. The predicted molar refractivity (Wildman–Crippen MR) is 113 cm³/mol. The maximum atomic E-state index is 15.4. The van der Waals surface area contributed by atoms with Crippen LogP contribution in [0, 0.1) is 0 Å². The fourth-order valence-corrected chi connectivity index (χ4v) is 11.3. The maximum Gasteiger partial charge on any atom is 0.380 e. The highest BCUT2D eigenvalue weighted by atomic mass is 32.2. The lowest BCUT2D eigenvalue weighted by atomic mass is 9.68. The van der Waals surface area contributed by atoms with Crippen LogP contribution in [-0.4, -0.2) is 44.1 Å². The lowest BCUT2D eigenvalue weighted by molar-refractivity contribution is -0.257. The van der Waals surface area contributed by atoms with Crippen LogP contribution in [0.25, 0.3) is 11.1 Å². The van der Waals surface area contributed by atoms with E-state index in [1.165, 1.54) is 24.3 Å². The zero-order valence-electron chi connectivity index (χ0n) is 17.8. The first-order valence-electron chi connectivity index (χ1n) is 10.3. The summed E-state index contributed by atoms with van der Waals surface area (Å²) in [6.07, 6.45) is 0. The fraction of sp³-hybridized carbons (Fsp3) is 0.304. The van der Waals surface area contributed by atoms with Crippen LogP contribution in [0.15, 0.2) is 69.5 Å². The van der Waals surface area contributed by atoms with Crippen molar-refractivity contribution >= 4 is 30.8 Å². The Balaban J connectivity index is 1.99. The number of alkyl halides is 6. The van der Waals surface area contributed by atoms with Gasteiger partial charge in [0.1, 0.15) is 9.49 Å². The molecular weight excluding hydrogens is 518 g/mol. The molecule has 2 aromatic carbocycles. The van der Waals surface area contributed by atoms with E-state index in [-0.39, 0.29) is 0 Å². The highest BCUT2D eigenvalue weighted by molar-refractivity contribution is 7.98. The molecule has 35 heavy (non-hydrogen) atoms. The van der Waals surface area contributed by atoms with E-state index in [9.17, 15) is 25.6 Å². The Hall–Kier alpha value is -2.60. The van der Waals surface area contributed by atoms with Crippen LogP contribution in [0.1, 0.15) is 25.0 Å². The van der Waals surface area contributed by atoms with Crippen LogP contribution >= 0.6 is 0 Å². The van der Waals surface area contributed by atoms with Crippen molar-refractivity contribution in [2.45, 2.75) is 50.9 Å². The number of fused-ring (bicyclic) bond motifs is 8. The van der Waals surface area contributed by atoms with E-state index in [2.05, 4.69) is 0 Å². The largest absolute Gasteiger partial charge is 0.380 e. The third-order valence-corrected chi connectivity index (χ3v) is 13.4. The molecule has 0 bridgehead atoms. The first-order chi connectivity index (χ1) is 15.9. The van der Waals surface area contributed by atoms with Crippen molar-refractivity contribution in [2.75, 3.05) is 0 Å². The normalized spacial score (nSPS) is 33.6. The SMILES string of the molecule is CC12C(=C3C(=C4c5ccccc5S(=O)(=O)C41C)C(F)(F)C(F)(F)C3(F)F)c1ccccc1S2(=O)=O. The Morgan fingerprint density at radius 1 is 0.543 bits per heavy atom. The van der Waals surface area contributed by atoms with Crippen LogP contribution in [0.2, 0.25) is 0 Å². The molecule has 0 radical (unpaired) electrons. The molecule has 1 saturated carbocycles. The highest BCUT2D eigenvalue weighted by Crippen LogP contribution is 2.75. The first-order valence-corrected chi connectivity index (χ1v) is 13.2. The fourth-order valence-electron chi connectivity index (χ4n) is 6.16. The van der Waals surface area contributed by atoms with Gasteiger partial charge < -0.3 is 0 Å². The van der Waals surface area contributed by atoms with Crippen molar-refractivity contribution < 1.29 is 43.2 Å². The number of allylic oxidation sites excluding steroid dienone is 2. The second-order valence-corrected chi connectivity index (χ2v) is 13.8. The number of hydrogen-bond acceptors (Lipinski definition) is 4. The minimum absolute atomic E-state index is 0.498. The number of sulfone groups is 2. The van der Waals surface area contributed by atoms with Gasteiger partial charge in [-0.25, -0.2) is 16.8 Å². The zero-order chi connectivity index (χ0) is 25.8. The van der Waals surface area contributed by atoms with Gasteiger partial charge in [-0.2, -0.15) is 26.3 Å². The van der Waals surface area contributed by atoms with Crippen molar-refractivity contribution in [1.29, 1.82) is 0 Å². The van der Waals surface area contributed by atoms with Crippen molar-refractivity contribution in [3.63, 3.8) is 0 Å². The molecule has 4 nitrogen and oxygen atoms in total. The molecule has 6 rings (SSSR count). The third kappa shape index (κ3) is 1.87. The van der Waals surface area contributed by atoms with Crippen molar-refractivity contribution in [3.8, 4) is 0 Å². The molecule has 2 aromatic rings. The second kappa shape index (κ2) is 5.69. The van der Waals surface area contributed by atoms with E-state index < -0.39 is 90.1 Å². The van der Waals surface area contributed by atoms with Gasteiger partial charge in [0.25, 0.3) is 0 Å². The standard InChI is InChI=1S/C23H14F6O4S2/c1-19-15(11-7-3-5-9-13(11)34(19,30)31)17-18(22(26,27)23(28,29)21(17,24)25)16-12-8-4-6-10-14(12)35(32,33)20(16,19)2/h3-10H,1-2H3. The summed E-state index contributed by atoms with van der Waals surface area (Å²) in [5, 5.41) is 0. The van der Waals surface area contributed by atoms with Gasteiger partial charge in [-0.05, 0) is 48.3 Å². The van der Waals surface area contributed by atoms with Crippen LogP contribution in [0.5, 0.6) is 0 Å². The Bertz CT molecular complexity index is 1560. The van der Waals surface area contributed by atoms with Crippen molar-refractivity contribution in [1.82, 2.24) is 0 Å². The van der Waals surface area contributed by atoms with E-state index in [1.54, 1.807) is 0 Å². The average Bonchev–Trinajstić information content (AvgIpc) is 3.12. The molecule has 0 aromatic heterocycles. The summed E-state index contributed by atoms with van der Waals surface area (Å²) in [5.74, 6) is -16.9. The van der Waals surface area contributed by atoms with Gasteiger partial charge in [0.15, 0.2) is 19.7 Å². The van der Waals surface area contributed by atoms with Gasteiger partial charge in [-0.15, -0.1) is 0 Å². The molecule has 2 heterocycles. The van der Waals surface area contributed by atoms with Gasteiger partial charge in [0, 0.05) is 11.1 Å².